The first-order chi connectivity index (χ1) is 14.2. The van der Waals surface area contributed by atoms with Gasteiger partial charge in [0.15, 0.2) is 0 Å². The van der Waals surface area contributed by atoms with Gasteiger partial charge in [-0.25, -0.2) is 0 Å². The second-order valence-electron chi connectivity index (χ2n) is 7.73. The zero-order chi connectivity index (χ0) is 22.3. The Bertz CT molecular complexity index is 846. The summed E-state index contributed by atoms with van der Waals surface area (Å²) in [5.74, 6) is -0.314. The topological polar surface area (TPSA) is 49.4 Å². The van der Waals surface area contributed by atoms with Gasteiger partial charge in [-0.05, 0) is 56.9 Å². The Kier molecular flexibility index (Phi) is 9.19. The van der Waals surface area contributed by atoms with E-state index in [2.05, 4.69) is 36.5 Å². The Morgan fingerprint density at radius 2 is 1.53 bits per heavy atom. The zero-order valence-corrected chi connectivity index (χ0v) is 19.6. The van der Waals surface area contributed by atoms with Crippen LogP contribution < -0.4 is 5.32 Å². The van der Waals surface area contributed by atoms with Crippen molar-refractivity contribution in [2.75, 3.05) is 0 Å². The van der Waals surface area contributed by atoms with Gasteiger partial charge in [0, 0.05) is 34.6 Å². The highest BCUT2D eigenvalue weighted by atomic mass is 35.5. The number of nitrogens with zero attached hydrogens (tertiary/aromatic N) is 1. The van der Waals surface area contributed by atoms with Crippen molar-refractivity contribution in [3.63, 3.8) is 0 Å². The summed E-state index contributed by atoms with van der Waals surface area (Å²) in [7, 11) is 0. The predicted octanol–water partition coefficient (Wildman–Crippen LogP) is 5.43. The minimum Gasteiger partial charge on any atom is -0.352 e. The Balaban J connectivity index is 2.20. The third kappa shape index (κ3) is 6.75. The summed E-state index contributed by atoms with van der Waals surface area (Å²) in [4.78, 5) is 27.4. The summed E-state index contributed by atoms with van der Waals surface area (Å²) < 4.78 is 0. The first-order valence-electron chi connectivity index (χ1n) is 10.3. The molecular weight excluding hydrogens is 419 g/mol. The van der Waals surface area contributed by atoms with E-state index in [9.17, 15) is 9.59 Å². The number of amides is 2. The van der Waals surface area contributed by atoms with Gasteiger partial charge in [0.1, 0.15) is 6.04 Å². The first-order valence-corrected chi connectivity index (χ1v) is 11.1. The molecule has 30 heavy (non-hydrogen) atoms. The van der Waals surface area contributed by atoms with E-state index in [-0.39, 0.29) is 24.4 Å². The highest BCUT2D eigenvalue weighted by molar-refractivity contribution is 6.36. The van der Waals surface area contributed by atoms with Crippen LogP contribution in [0.4, 0.5) is 0 Å². The van der Waals surface area contributed by atoms with Crippen molar-refractivity contribution in [2.45, 2.75) is 65.6 Å². The lowest BCUT2D eigenvalue weighted by Crippen LogP contribution is -2.49. The number of carbonyl (C=O) groups is 2. The average molecular weight is 449 g/mol. The molecule has 2 aromatic carbocycles. The number of rotatable bonds is 9. The Hall–Kier alpha value is -2.04. The van der Waals surface area contributed by atoms with Crippen LogP contribution in [0.25, 0.3) is 0 Å². The molecule has 0 saturated heterocycles. The quantitative estimate of drug-likeness (QED) is 0.555. The van der Waals surface area contributed by atoms with E-state index in [1.54, 1.807) is 30.0 Å². The summed E-state index contributed by atoms with van der Waals surface area (Å²) in [6.07, 6.45) is 1.88. The maximum Gasteiger partial charge on any atom is 0.242 e. The molecule has 0 fully saturated rings. The fraction of sp³-hybridized carbons (Fsp3) is 0.417. The molecule has 2 aromatic rings. The summed E-state index contributed by atoms with van der Waals surface area (Å²) in [6.45, 7) is 7.80. The molecule has 2 amide bonds. The van der Waals surface area contributed by atoms with E-state index in [4.69, 9.17) is 23.2 Å². The van der Waals surface area contributed by atoms with Gasteiger partial charge in [-0.3, -0.25) is 9.59 Å². The van der Waals surface area contributed by atoms with Crippen LogP contribution in [0.2, 0.25) is 10.0 Å². The van der Waals surface area contributed by atoms with Crippen molar-refractivity contribution in [2.24, 2.45) is 0 Å². The molecule has 0 aromatic heterocycles. The lowest BCUT2D eigenvalue weighted by Gasteiger charge is -2.30. The smallest absolute Gasteiger partial charge is 0.242 e. The monoisotopic (exact) mass is 448 g/mol. The average Bonchev–Trinajstić information content (AvgIpc) is 2.71. The molecule has 0 bridgehead atoms. The number of nitrogens with one attached hydrogen (secondary N) is 1. The van der Waals surface area contributed by atoms with Crippen molar-refractivity contribution in [1.29, 1.82) is 0 Å². The Morgan fingerprint density at radius 1 is 0.967 bits per heavy atom. The Labute approximate surface area is 189 Å². The van der Waals surface area contributed by atoms with Gasteiger partial charge in [-0.1, -0.05) is 60.5 Å². The van der Waals surface area contributed by atoms with E-state index in [1.807, 2.05) is 13.8 Å². The minimum atomic E-state index is -0.644. The molecule has 0 aliphatic heterocycles. The number of aryl methyl sites for hydroxylation is 2. The molecule has 6 heteroatoms. The van der Waals surface area contributed by atoms with Gasteiger partial charge < -0.3 is 10.2 Å². The molecule has 1 N–H and O–H groups in total. The molecule has 0 aliphatic rings. The van der Waals surface area contributed by atoms with Crippen LogP contribution >= 0.6 is 23.2 Å². The van der Waals surface area contributed by atoms with Crippen LogP contribution in [0.5, 0.6) is 0 Å². The highest BCUT2D eigenvalue weighted by Gasteiger charge is 2.27. The predicted molar refractivity (Wildman–Crippen MR) is 124 cm³/mol. The SMILES string of the molecule is CCc1ccc(CCC(=O)N(Cc2c(Cl)cccc2Cl)C(C)C(=O)NC(C)C)cc1. The van der Waals surface area contributed by atoms with Crippen molar-refractivity contribution < 1.29 is 9.59 Å². The van der Waals surface area contributed by atoms with Crippen LogP contribution in [0.15, 0.2) is 42.5 Å². The fourth-order valence-corrected chi connectivity index (χ4v) is 3.69. The zero-order valence-electron chi connectivity index (χ0n) is 18.0. The number of benzene rings is 2. The normalized spacial score (nSPS) is 12.0. The molecule has 0 spiro atoms. The summed E-state index contributed by atoms with van der Waals surface area (Å²) in [6, 6.07) is 12.8. The third-order valence-electron chi connectivity index (χ3n) is 5.05. The summed E-state index contributed by atoms with van der Waals surface area (Å²) in [5.41, 5.74) is 3.00. The fourth-order valence-electron chi connectivity index (χ4n) is 3.18. The molecule has 0 radical (unpaired) electrons. The number of hydrogen-bond acceptors (Lipinski definition) is 2. The van der Waals surface area contributed by atoms with Gasteiger partial charge in [0.05, 0.1) is 0 Å². The number of hydrogen-bond donors (Lipinski definition) is 1. The molecular formula is C24H30Cl2N2O2. The largest absolute Gasteiger partial charge is 0.352 e. The highest BCUT2D eigenvalue weighted by Crippen LogP contribution is 2.27. The lowest BCUT2D eigenvalue weighted by molar-refractivity contribution is -0.140. The second kappa shape index (κ2) is 11.4. The molecule has 162 valence electrons. The van der Waals surface area contributed by atoms with Crippen molar-refractivity contribution >= 4 is 35.0 Å². The van der Waals surface area contributed by atoms with E-state index in [1.165, 1.54) is 5.56 Å². The standard InChI is InChI=1S/C24H30Cl2N2O2/c1-5-18-9-11-19(12-10-18)13-14-23(29)28(17(4)24(30)27-16(2)3)15-20-21(25)7-6-8-22(20)26/h6-12,16-17H,5,13-15H2,1-4H3,(H,27,30). The number of carbonyl (C=O) groups excluding carboxylic acids is 2. The second-order valence-corrected chi connectivity index (χ2v) is 8.55. The van der Waals surface area contributed by atoms with Gasteiger partial charge in [0.25, 0.3) is 0 Å². The number of halogens is 2. The molecule has 0 saturated carbocycles. The van der Waals surface area contributed by atoms with Gasteiger partial charge >= 0.3 is 0 Å². The van der Waals surface area contributed by atoms with Crippen molar-refractivity contribution in [3.05, 3.63) is 69.2 Å². The Morgan fingerprint density at radius 3 is 2.07 bits per heavy atom. The molecule has 4 nitrogen and oxygen atoms in total. The van der Waals surface area contributed by atoms with Crippen LogP contribution in [-0.2, 0) is 29.0 Å². The molecule has 0 heterocycles. The van der Waals surface area contributed by atoms with Crippen molar-refractivity contribution in [1.82, 2.24) is 10.2 Å². The maximum atomic E-state index is 13.2. The molecule has 0 aliphatic carbocycles. The summed E-state index contributed by atoms with van der Waals surface area (Å²) in [5, 5.41) is 3.84. The summed E-state index contributed by atoms with van der Waals surface area (Å²) >= 11 is 12.7. The van der Waals surface area contributed by atoms with Gasteiger partial charge in [0.2, 0.25) is 11.8 Å². The first kappa shape index (κ1) is 24.2. The maximum absolute atomic E-state index is 13.2. The lowest BCUT2D eigenvalue weighted by atomic mass is 10.0. The third-order valence-corrected chi connectivity index (χ3v) is 5.76. The van der Waals surface area contributed by atoms with Crippen LogP contribution in [0, 0.1) is 0 Å². The van der Waals surface area contributed by atoms with Crippen LogP contribution in [0.1, 0.15) is 50.8 Å². The van der Waals surface area contributed by atoms with E-state index in [0.717, 1.165) is 12.0 Å². The molecule has 1 unspecified atom stereocenters. The van der Waals surface area contributed by atoms with Crippen molar-refractivity contribution in [3.8, 4) is 0 Å². The van der Waals surface area contributed by atoms with Gasteiger partial charge in [-0.2, -0.15) is 0 Å². The molecule has 1 atom stereocenters. The van der Waals surface area contributed by atoms with Crippen LogP contribution in [0.3, 0.4) is 0 Å². The molecule has 2 rings (SSSR count). The minimum absolute atomic E-state index is 0.0158. The van der Waals surface area contributed by atoms with E-state index >= 15 is 0 Å². The van der Waals surface area contributed by atoms with E-state index in [0.29, 0.717) is 28.5 Å². The van der Waals surface area contributed by atoms with Gasteiger partial charge in [-0.15, -0.1) is 0 Å². The van der Waals surface area contributed by atoms with Crippen LogP contribution in [-0.4, -0.2) is 28.8 Å². The van der Waals surface area contributed by atoms with E-state index < -0.39 is 6.04 Å².